The zero-order valence-electron chi connectivity index (χ0n) is 13.8. The lowest BCUT2D eigenvalue weighted by molar-refractivity contribution is -0.00899. The molecule has 1 aliphatic rings. The van der Waals surface area contributed by atoms with Gasteiger partial charge in [-0.1, -0.05) is 20.3 Å². The van der Waals surface area contributed by atoms with Gasteiger partial charge in [0.15, 0.2) is 0 Å². The number of likely N-dealkylation sites (tertiary alicyclic amines) is 1. The van der Waals surface area contributed by atoms with E-state index in [-0.39, 0.29) is 6.10 Å². The molecule has 3 unspecified atom stereocenters. The van der Waals surface area contributed by atoms with Gasteiger partial charge in [-0.3, -0.25) is 0 Å². The molecule has 0 aromatic rings. The molecule has 20 heavy (non-hydrogen) atoms. The van der Waals surface area contributed by atoms with Gasteiger partial charge in [-0.2, -0.15) is 0 Å². The summed E-state index contributed by atoms with van der Waals surface area (Å²) >= 11 is 0. The maximum Gasteiger partial charge on any atom is 0.0897 e. The molecule has 3 atom stereocenters. The van der Waals surface area contributed by atoms with Crippen molar-refractivity contribution in [2.75, 3.05) is 33.3 Å². The zero-order chi connectivity index (χ0) is 15.0. The lowest BCUT2D eigenvalue weighted by Crippen LogP contribution is -2.45. The molecule has 1 saturated heterocycles. The molecule has 4 heteroatoms. The van der Waals surface area contributed by atoms with Gasteiger partial charge in [0.05, 0.1) is 18.8 Å². The van der Waals surface area contributed by atoms with Crippen LogP contribution in [0.25, 0.3) is 0 Å². The highest BCUT2D eigenvalue weighted by Crippen LogP contribution is 2.14. The SMILES string of the molecule is CC(C)CC(C)OCC(O)CNCC1CCCCN1C. The number of piperidine rings is 1. The molecule has 120 valence electrons. The van der Waals surface area contributed by atoms with E-state index in [0.29, 0.717) is 25.1 Å². The number of ether oxygens (including phenoxy) is 1. The lowest BCUT2D eigenvalue weighted by atomic mass is 10.0. The van der Waals surface area contributed by atoms with Gasteiger partial charge in [0.1, 0.15) is 0 Å². The molecule has 2 N–H and O–H groups in total. The summed E-state index contributed by atoms with van der Waals surface area (Å²) in [4.78, 5) is 2.42. The van der Waals surface area contributed by atoms with Crippen molar-refractivity contribution in [2.45, 2.75) is 64.7 Å². The van der Waals surface area contributed by atoms with E-state index in [2.05, 4.69) is 38.0 Å². The summed E-state index contributed by atoms with van der Waals surface area (Å²) in [7, 11) is 2.19. The number of nitrogens with zero attached hydrogens (tertiary/aromatic N) is 1. The third kappa shape index (κ3) is 7.58. The Labute approximate surface area is 124 Å². The molecule has 1 rings (SSSR count). The first-order valence-corrected chi connectivity index (χ1v) is 8.19. The van der Waals surface area contributed by atoms with Crippen LogP contribution >= 0.6 is 0 Å². The second-order valence-electron chi connectivity index (χ2n) is 6.72. The van der Waals surface area contributed by atoms with Crippen LogP contribution in [0.4, 0.5) is 0 Å². The Morgan fingerprint density at radius 3 is 2.70 bits per heavy atom. The number of nitrogens with one attached hydrogen (secondary N) is 1. The van der Waals surface area contributed by atoms with Crippen LogP contribution in [0, 0.1) is 5.92 Å². The highest BCUT2D eigenvalue weighted by molar-refractivity contribution is 4.76. The van der Waals surface area contributed by atoms with Crippen LogP contribution in [0.5, 0.6) is 0 Å². The Balaban J connectivity index is 2.06. The fourth-order valence-electron chi connectivity index (χ4n) is 2.88. The van der Waals surface area contributed by atoms with E-state index >= 15 is 0 Å². The summed E-state index contributed by atoms with van der Waals surface area (Å²) in [5.41, 5.74) is 0. The van der Waals surface area contributed by atoms with E-state index in [1.54, 1.807) is 0 Å². The summed E-state index contributed by atoms with van der Waals surface area (Å²) < 4.78 is 5.68. The predicted octanol–water partition coefficient (Wildman–Crippen LogP) is 1.87. The zero-order valence-corrected chi connectivity index (χ0v) is 13.8. The summed E-state index contributed by atoms with van der Waals surface area (Å²) in [6.45, 7) is 9.69. The van der Waals surface area contributed by atoms with Gasteiger partial charge in [0.2, 0.25) is 0 Å². The van der Waals surface area contributed by atoms with Gasteiger partial charge >= 0.3 is 0 Å². The number of hydrogen-bond donors (Lipinski definition) is 2. The number of likely N-dealkylation sites (N-methyl/N-ethyl adjacent to an activating group) is 1. The first-order valence-electron chi connectivity index (χ1n) is 8.19. The van der Waals surface area contributed by atoms with Crippen molar-refractivity contribution in [3.8, 4) is 0 Å². The molecule has 4 nitrogen and oxygen atoms in total. The maximum atomic E-state index is 9.93. The van der Waals surface area contributed by atoms with Crippen molar-refractivity contribution in [1.82, 2.24) is 10.2 Å². The van der Waals surface area contributed by atoms with Crippen LogP contribution in [0.3, 0.4) is 0 Å². The molecule has 0 bridgehead atoms. The van der Waals surface area contributed by atoms with Gasteiger partial charge in [-0.05, 0) is 45.7 Å². The average molecular weight is 286 g/mol. The molecular formula is C16H34N2O2. The summed E-state index contributed by atoms with van der Waals surface area (Å²) in [6, 6.07) is 0.622. The van der Waals surface area contributed by atoms with Crippen molar-refractivity contribution in [3.05, 3.63) is 0 Å². The topological polar surface area (TPSA) is 44.7 Å². The smallest absolute Gasteiger partial charge is 0.0897 e. The third-order valence-corrected chi connectivity index (χ3v) is 4.06. The van der Waals surface area contributed by atoms with Crippen LogP contribution in [0.1, 0.15) is 46.5 Å². The van der Waals surface area contributed by atoms with Crippen molar-refractivity contribution in [1.29, 1.82) is 0 Å². The average Bonchev–Trinajstić information content (AvgIpc) is 2.38. The maximum absolute atomic E-state index is 9.93. The molecule has 0 aromatic carbocycles. The van der Waals surface area contributed by atoms with Crippen molar-refractivity contribution < 1.29 is 9.84 Å². The van der Waals surface area contributed by atoms with Gasteiger partial charge in [-0.25, -0.2) is 0 Å². The van der Waals surface area contributed by atoms with Crippen LogP contribution < -0.4 is 5.32 Å². The van der Waals surface area contributed by atoms with Crippen LogP contribution in [0.15, 0.2) is 0 Å². The summed E-state index contributed by atoms with van der Waals surface area (Å²) in [6.07, 6.45) is 4.79. The minimum atomic E-state index is -0.404. The third-order valence-electron chi connectivity index (χ3n) is 4.06. The van der Waals surface area contributed by atoms with Crippen LogP contribution in [-0.4, -0.2) is 61.5 Å². The van der Waals surface area contributed by atoms with E-state index in [9.17, 15) is 5.11 Å². The summed E-state index contributed by atoms with van der Waals surface area (Å²) in [5, 5.41) is 13.3. The minimum Gasteiger partial charge on any atom is -0.389 e. The lowest BCUT2D eigenvalue weighted by Gasteiger charge is -2.32. The molecule has 1 aliphatic heterocycles. The van der Waals surface area contributed by atoms with Crippen molar-refractivity contribution in [3.63, 3.8) is 0 Å². The van der Waals surface area contributed by atoms with Crippen LogP contribution in [-0.2, 0) is 4.74 Å². The molecule has 0 aromatic heterocycles. The molecule has 1 fully saturated rings. The van der Waals surface area contributed by atoms with Gasteiger partial charge in [0, 0.05) is 19.1 Å². The van der Waals surface area contributed by atoms with Gasteiger partial charge < -0.3 is 20.1 Å². The van der Waals surface area contributed by atoms with E-state index < -0.39 is 6.10 Å². The normalized spacial score (nSPS) is 24.0. The Bertz CT molecular complexity index is 249. The largest absolute Gasteiger partial charge is 0.389 e. The van der Waals surface area contributed by atoms with E-state index in [4.69, 9.17) is 4.74 Å². The fourth-order valence-corrected chi connectivity index (χ4v) is 2.88. The second kappa shape index (κ2) is 9.72. The Hall–Kier alpha value is -0.160. The first-order chi connectivity index (χ1) is 9.49. The van der Waals surface area contributed by atoms with Crippen molar-refractivity contribution in [2.24, 2.45) is 5.92 Å². The quantitative estimate of drug-likeness (QED) is 0.679. The van der Waals surface area contributed by atoms with Crippen LogP contribution in [0.2, 0.25) is 0 Å². The minimum absolute atomic E-state index is 0.231. The van der Waals surface area contributed by atoms with E-state index in [1.807, 2.05) is 0 Å². The second-order valence-corrected chi connectivity index (χ2v) is 6.72. The monoisotopic (exact) mass is 286 g/mol. The van der Waals surface area contributed by atoms with E-state index in [0.717, 1.165) is 13.0 Å². The summed E-state index contributed by atoms with van der Waals surface area (Å²) in [5.74, 6) is 0.641. The highest BCUT2D eigenvalue weighted by Gasteiger charge is 2.18. The number of aliphatic hydroxyl groups excluding tert-OH is 1. The number of rotatable bonds is 9. The van der Waals surface area contributed by atoms with E-state index in [1.165, 1.54) is 25.8 Å². The molecule has 1 heterocycles. The molecule has 0 spiro atoms. The Morgan fingerprint density at radius 1 is 1.30 bits per heavy atom. The van der Waals surface area contributed by atoms with Gasteiger partial charge in [0.25, 0.3) is 0 Å². The molecule has 0 aliphatic carbocycles. The molecular weight excluding hydrogens is 252 g/mol. The number of hydrogen-bond acceptors (Lipinski definition) is 4. The molecule has 0 saturated carbocycles. The standard InChI is InChI=1S/C16H34N2O2/c1-13(2)9-14(3)20-12-16(19)11-17-10-15-7-5-6-8-18(15)4/h13-17,19H,5-12H2,1-4H3. The molecule has 0 amide bonds. The number of aliphatic hydroxyl groups is 1. The first kappa shape index (κ1) is 17.9. The van der Waals surface area contributed by atoms with Gasteiger partial charge in [-0.15, -0.1) is 0 Å². The Kier molecular flexibility index (Phi) is 8.69. The highest BCUT2D eigenvalue weighted by atomic mass is 16.5. The predicted molar refractivity (Wildman–Crippen MR) is 84.0 cm³/mol. The molecule has 0 radical (unpaired) electrons. The Morgan fingerprint density at radius 2 is 2.05 bits per heavy atom. The van der Waals surface area contributed by atoms with Crippen molar-refractivity contribution >= 4 is 0 Å². The fraction of sp³-hybridized carbons (Fsp3) is 1.00.